The average Bonchev–Trinajstić information content (AvgIpc) is 2.41. The number of hydrazine groups is 1. The summed E-state index contributed by atoms with van der Waals surface area (Å²) in [7, 11) is 0. The van der Waals surface area contributed by atoms with Gasteiger partial charge in [-0.05, 0) is 37.3 Å². The fraction of sp³-hybridized carbons (Fsp3) is 0.643. The molecule has 2 rings (SSSR count). The number of hydrogen-bond acceptors (Lipinski definition) is 3. The Kier molecular flexibility index (Phi) is 4.65. The van der Waals surface area contributed by atoms with Crippen molar-refractivity contribution in [3.05, 3.63) is 29.6 Å². The highest BCUT2D eigenvalue weighted by Gasteiger charge is 2.48. The van der Waals surface area contributed by atoms with E-state index in [-0.39, 0.29) is 6.42 Å². The molecule has 1 saturated carbocycles. The third-order valence-electron chi connectivity index (χ3n) is 4.14. The predicted molar refractivity (Wildman–Crippen MR) is 70.5 cm³/mol. The molecule has 0 spiro atoms. The molecule has 0 radical (unpaired) electrons. The van der Waals surface area contributed by atoms with Gasteiger partial charge in [-0.15, -0.1) is 0 Å². The minimum absolute atomic E-state index is 0.186. The Bertz CT molecular complexity index is 430. The van der Waals surface area contributed by atoms with Crippen LogP contribution in [-0.4, -0.2) is 11.2 Å². The number of pyridine rings is 1. The Hall–Kier alpha value is -1.14. The van der Waals surface area contributed by atoms with Crippen LogP contribution < -0.4 is 11.3 Å². The zero-order valence-corrected chi connectivity index (χ0v) is 11.5. The minimum Gasteiger partial charge on any atom is -0.271 e. The van der Waals surface area contributed by atoms with E-state index in [0.29, 0.717) is 12.8 Å². The van der Waals surface area contributed by atoms with E-state index in [4.69, 9.17) is 5.84 Å². The lowest BCUT2D eigenvalue weighted by Gasteiger charge is -2.37. The lowest BCUT2D eigenvalue weighted by atomic mass is 9.73. The van der Waals surface area contributed by atoms with E-state index < -0.39 is 24.1 Å². The molecule has 3 unspecified atom stereocenters. The van der Waals surface area contributed by atoms with Crippen LogP contribution in [0.2, 0.25) is 0 Å². The molecule has 1 aliphatic carbocycles. The maximum atomic E-state index is 13.2. The second-order valence-electron chi connectivity index (χ2n) is 5.47. The van der Waals surface area contributed by atoms with Crippen molar-refractivity contribution in [2.75, 3.05) is 0 Å². The van der Waals surface area contributed by atoms with Gasteiger partial charge in [0.05, 0.1) is 12.0 Å². The molecule has 20 heavy (non-hydrogen) atoms. The smallest absolute Gasteiger partial charge is 0.271 e. The van der Waals surface area contributed by atoms with Crippen molar-refractivity contribution in [1.82, 2.24) is 10.4 Å². The van der Waals surface area contributed by atoms with Crippen LogP contribution in [0.15, 0.2) is 18.3 Å². The number of aryl methyl sites for hydroxylation is 1. The van der Waals surface area contributed by atoms with E-state index in [9.17, 15) is 13.2 Å². The predicted octanol–water partition coefficient (Wildman–Crippen LogP) is 3.26. The number of alkyl halides is 3. The molecule has 0 amide bonds. The largest absolute Gasteiger partial charge is 0.392 e. The Morgan fingerprint density at radius 2 is 2.00 bits per heavy atom. The molecule has 1 fully saturated rings. The van der Waals surface area contributed by atoms with Crippen molar-refractivity contribution in [1.29, 1.82) is 0 Å². The molecule has 0 saturated heterocycles. The Labute approximate surface area is 116 Å². The first-order chi connectivity index (χ1) is 9.43. The van der Waals surface area contributed by atoms with E-state index in [1.54, 1.807) is 18.3 Å². The molecular weight excluding hydrogens is 267 g/mol. The Morgan fingerprint density at radius 3 is 2.55 bits per heavy atom. The van der Waals surface area contributed by atoms with E-state index >= 15 is 0 Å². The van der Waals surface area contributed by atoms with Crippen LogP contribution in [0, 0.1) is 18.8 Å². The van der Waals surface area contributed by atoms with Crippen molar-refractivity contribution >= 4 is 0 Å². The summed E-state index contributed by atoms with van der Waals surface area (Å²) in [6, 6.07) is 3.09. The quantitative estimate of drug-likeness (QED) is 0.662. The third-order valence-corrected chi connectivity index (χ3v) is 4.14. The molecule has 6 heteroatoms. The maximum absolute atomic E-state index is 13.2. The van der Waals surface area contributed by atoms with E-state index in [2.05, 4.69) is 10.4 Å². The van der Waals surface area contributed by atoms with Crippen LogP contribution in [0.3, 0.4) is 0 Å². The topological polar surface area (TPSA) is 50.9 Å². The fourth-order valence-corrected chi connectivity index (χ4v) is 3.10. The first kappa shape index (κ1) is 15.3. The van der Waals surface area contributed by atoms with Gasteiger partial charge in [0, 0.05) is 11.9 Å². The maximum Gasteiger partial charge on any atom is 0.392 e. The summed E-state index contributed by atoms with van der Waals surface area (Å²) in [6.07, 6.45) is -0.391. The summed E-state index contributed by atoms with van der Waals surface area (Å²) < 4.78 is 39.6. The van der Waals surface area contributed by atoms with Crippen molar-refractivity contribution in [3.8, 4) is 0 Å². The molecular formula is C14H20F3N3. The van der Waals surface area contributed by atoms with Gasteiger partial charge in [0.2, 0.25) is 0 Å². The number of nitrogens with one attached hydrogen (secondary N) is 1. The fourth-order valence-electron chi connectivity index (χ4n) is 3.10. The molecule has 0 bridgehead atoms. The highest BCUT2D eigenvalue weighted by Crippen LogP contribution is 2.46. The summed E-state index contributed by atoms with van der Waals surface area (Å²) in [5.74, 6) is 3.71. The van der Waals surface area contributed by atoms with Gasteiger partial charge in [-0.25, -0.2) is 0 Å². The zero-order valence-electron chi connectivity index (χ0n) is 11.5. The second kappa shape index (κ2) is 6.10. The number of hydrogen-bond donors (Lipinski definition) is 2. The minimum atomic E-state index is -4.17. The highest BCUT2D eigenvalue weighted by molar-refractivity contribution is 5.18. The molecule has 3 nitrogen and oxygen atoms in total. The molecule has 3 N–H and O–H groups in total. The van der Waals surface area contributed by atoms with Gasteiger partial charge in [-0.2, -0.15) is 13.2 Å². The Balaban J connectivity index is 2.26. The van der Waals surface area contributed by atoms with E-state index in [1.165, 1.54) is 0 Å². The highest BCUT2D eigenvalue weighted by atomic mass is 19.4. The van der Waals surface area contributed by atoms with Gasteiger partial charge in [0.15, 0.2) is 0 Å². The van der Waals surface area contributed by atoms with Gasteiger partial charge < -0.3 is 0 Å². The summed E-state index contributed by atoms with van der Waals surface area (Å²) in [4.78, 5) is 4.15. The summed E-state index contributed by atoms with van der Waals surface area (Å²) in [6.45, 7) is 1.84. The second-order valence-corrected chi connectivity index (χ2v) is 5.47. The molecule has 112 valence electrons. The number of rotatable bonds is 3. The standard InChI is InChI=1S/C14H20F3N3/c1-9-6-7-10(8-19-9)13(20-18)11-4-2-3-5-12(11)14(15,16)17/h6-8,11-13,20H,2-5,18H2,1H3. The summed E-state index contributed by atoms with van der Waals surface area (Å²) in [5, 5.41) is 0. The monoisotopic (exact) mass is 287 g/mol. The van der Waals surface area contributed by atoms with Crippen molar-refractivity contribution in [3.63, 3.8) is 0 Å². The third kappa shape index (κ3) is 3.30. The van der Waals surface area contributed by atoms with Crippen molar-refractivity contribution < 1.29 is 13.2 Å². The summed E-state index contributed by atoms with van der Waals surface area (Å²) in [5.41, 5.74) is 4.12. The zero-order chi connectivity index (χ0) is 14.8. The lowest BCUT2D eigenvalue weighted by molar-refractivity contribution is -0.199. The van der Waals surface area contributed by atoms with Gasteiger partial charge >= 0.3 is 6.18 Å². The van der Waals surface area contributed by atoms with Crippen molar-refractivity contribution in [2.24, 2.45) is 17.7 Å². The lowest BCUT2D eigenvalue weighted by Crippen LogP contribution is -2.43. The van der Waals surface area contributed by atoms with Crippen LogP contribution in [0.4, 0.5) is 13.2 Å². The molecule has 0 aromatic carbocycles. The van der Waals surface area contributed by atoms with Crippen LogP contribution in [0.1, 0.15) is 43.0 Å². The van der Waals surface area contributed by atoms with Crippen LogP contribution in [0.25, 0.3) is 0 Å². The Morgan fingerprint density at radius 1 is 1.30 bits per heavy atom. The normalized spacial score (nSPS) is 25.4. The molecule has 1 aromatic heterocycles. The van der Waals surface area contributed by atoms with Crippen LogP contribution in [0.5, 0.6) is 0 Å². The molecule has 1 aliphatic rings. The molecule has 0 aliphatic heterocycles. The van der Waals surface area contributed by atoms with Crippen molar-refractivity contribution in [2.45, 2.75) is 44.8 Å². The first-order valence-electron chi connectivity index (χ1n) is 6.89. The first-order valence-corrected chi connectivity index (χ1v) is 6.89. The summed E-state index contributed by atoms with van der Waals surface area (Å²) >= 11 is 0. The number of aromatic nitrogens is 1. The van der Waals surface area contributed by atoms with E-state index in [0.717, 1.165) is 17.7 Å². The number of nitrogens with zero attached hydrogens (tertiary/aromatic N) is 1. The van der Waals surface area contributed by atoms with Gasteiger partial charge in [-0.1, -0.05) is 18.9 Å². The van der Waals surface area contributed by atoms with Gasteiger partial charge in [-0.3, -0.25) is 16.3 Å². The molecule has 3 atom stereocenters. The van der Waals surface area contributed by atoms with Crippen LogP contribution >= 0.6 is 0 Å². The van der Waals surface area contributed by atoms with E-state index in [1.807, 2.05) is 6.92 Å². The van der Waals surface area contributed by atoms with Gasteiger partial charge in [0.1, 0.15) is 0 Å². The SMILES string of the molecule is Cc1ccc(C(NN)C2CCCCC2C(F)(F)F)cn1. The van der Waals surface area contributed by atoms with Crippen LogP contribution in [-0.2, 0) is 0 Å². The number of nitrogens with two attached hydrogens (primary N) is 1. The number of halogens is 3. The molecule has 1 aromatic rings. The average molecular weight is 287 g/mol. The molecule has 1 heterocycles. The van der Waals surface area contributed by atoms with Gasteiger partial charge in [0.25, 0.3) is 0 Å².